The number of aromatic nitrogens is 2. The minimum atomic E-state index is -0.180. The molecule has 0 radical (unpaired) electrons. The van der Waals surface area contributed by atoms with Gasteiger partial charge in [-0.1, -0.05) is 12.1 Å². The van der Waals surface area contributed by atoms with Crippen molar-refractivity contribution in [1.29, 1.82) is 10.5 Å². The average Bonchev–Trinajstić information content (AvgIpc) is 2.73. The fraction of sp³-hybridized carbons (Fsp3) is 0. The maximum Gasteiger partial charge on any atom is 0.236 e. The Balaban J connectivity index is 2.48. The smallest absolute Gasteiger partial charge is 0.236 e. The van der Waals surface area contributed by atoms with Crippen molar-refractivity contribution >= 4 is 22.9 Å². The van der Waals surface area contributed by atoms with E-state index in [0.29, 0.717) is 5.95 Å². The van der Waals surface area contributed by atoms with E-state index < -0.39 is 0 Å². The fourth-order valence-corrected chi connectivity index (χ4v) is 1.18. The second-order valence-electron chi connectivity index (χ2n) is 2.90. The van der Waals surface area contributed by atoms with E-state index in [2.05, 4.69) is 20.8 Å². The molecule has 0 spiro atoms. The first-order valence-corrected chi connectivity index (χ1v) is 4.42. The molecule has 2 aromatic rings. The van der Waals surface area contributed by atoms with Gasteiger partial charge in [0.2, 0.25) is 5.95 Å². The predicted octanol–water partition coefficient (Wildman–Crippen LogP) is 1.84. The van der Waals surface area contributed by atoms with Crippen LogP contribution in [0.4, 0.5) is 5.95 Å². The number of rotatable bonds is 1. The molecule has 0 aliphatic carbocycles. The Morgan fingerprint density at radius 2 is 2.00 bits per heavy atom. The second kappa shape index (κ2) is 4.10. The molecule has 1 aromatic heterocycles. The standard InChI is InChI=1S/C11H5N5/c12-5-8(6-13)7-14-11-15-9-3-1-2-4-10(9)16-11/h1-4H,(H,15,16). The lowest BCUT2D eigenvalue weighted by atomic mass is 10.3. The van der Waals surface area contributed by atoms with Gasteiger partial charge in [-0.3, -0.25) is 0 Å². The molecule has 2 rings (SSSR count). The highest BCUT2D eigenvalue weighted by molar-refractivity contribution is 5.78. The Bertz CT molecular complexity index is 625. The Hall–Kier alpha value is -2.88. The van der Waals surface area contributed by atoms with Crippen LogP contribution in [-0.4, -0.2) is 15.8 Å². The molecule has 0 unspecified atom stereocenters. The molecule has 0 aliphatic heterocycles. The molecule has 0 aliphatic rings. The van der Waals surface area contributed by atoms with Crippen LogP contribution in [0.3, 0.4) is 0 Å². The van der Waals surface area contributed by atoms with Crippen LogP contribution in [0.25, 0.3) is 11.0 Å². The first-order chi connectivity index (χ1) is 7.83. The van der Waals surface area contributed by atoms with Crippen LogP contribution >= 0.6 is 0 Å². The third-order valence-electron chi connectivity index (χ3n) is 1.87. The van der Waals surface area contributed by atoms with Crippen molar-refractivity contribution in [3.8, 4) is 12.1 Å². The first kappa shape index (κ1) is 9.67. The van der Waals surface area contributed by atoms with Gasteiger partial charge in [0.15, 0.2) is 5.57 Å². The summed E-state index contributed by atoms with van der Waals surface area (Å²) in [5, 5.41) is 17.0. The number of nitrogens with zero attached hydrogens (tertiary/aromatic N) is 4. The Kier molecular flexibility index (Phi) is 2.48. The van der Waals surface area contributed by atoms with Gasteiger partial charge in [-0.25, -0.2) is 4.98 Å². The number of benzene rings is 1. The topological polar surface area (TPSA) is 88.6 Å². The number of nitrogens with one attached hydrogen (secondary N) is 1. The van der Waals surface area contributed by atoms with Crippen molar-refractivity contribution in [1.82, 2.24) is 9.97 Å². The summed E-state index contributed by atoms with van der Waals surface area (Å²) in [4.78, 5) is 10.8. The number of hydrogen-bond donors (Lipinski definition) is 1. The van der Waals surface area contributed by atoms with Crippen molar-refractivity contribution in [2.75, 3.05) is 0 Å². The van der Waals surface area contributed by atoms with Gasteiger partial charge in [-0.15, -0.1) is 0 Å². The summed E-state index contributed by atoms with van der Waals surface area (Å²) >= 11 is 0. The molecule has 1 aromatic carbocycles. The molecule has 0 fully saturated rings. The van der Waals surface area contributed by atoms with Crippen LogP contribution in [0.1, 0.15) is 0 Å². The summed E-state index contributed by atoms with van der Waals surface area (Å²) in [5.41, 5.74) is 1.44. The van der Waals surface area contributed by atoms with E-state index in [-0.39, 0.29) is 5.57 Å². The Morgan fingerprint density at radius 1 is 1.25 bits per heavy atom. The summed E-state index contributed by atoms with van der Waals surface area (Å²) in [6, 6.07) is 10.8. The third kappa shape index (κ3) is 1.80. The monoisotopic (exact) mass is 207 g/mol. The molecule has 1 heterocycles. The number of aliphatic imine (C=N–C) groups is 1. The number of nitriles is 2. The summed E-state index contributed by atoms with van der Waals surface area (Å²) in [7, 11) is 0. The van der Waals surface area contributed by atoms with Gasteiger partial charge < -0.3 is 4.98 Å². The molecule has 74 valence electrons. The lowest BCUT2D eigenvalue weighted by Crippen LogP contribution is -1.72. The quantitative estimate of drug-likeness (QED) is 0.571. The van der Waals surface area contributed by atoms with Crippen LogP contribution in [0.15, 0.2) is 34.8 Å². The van der Waals surface area contributed by atoms with Crippen molar-refractivity contribution < 1.29 is 0 Å². The Labute approximate surface area is 91.0 Å². The number of allylic oxidation sites excluding steroid dienone is 1. The Morgan fingerprint density at radius 3 is 2.69 bits per heavy atom. The van der Waals surface area contributed by atoms with Crippen molar-refractivity contribution in [3.05, 3.63) is 29.8 Å². The normalized spacial score (nSPS) is 8.88. The zero-order valence-electron chi connectivity index (χ0n) is 8.10. The van der Waals surface area contributed by atoms with E-state index >= 15 is 0 Å². The van der Waals surface area contributed by atoms with Gasteiger partial charge in [0, 0.05) is 5.87 Å². The van der Waals surface area contributed by atoms with Gasteiger partial charge in [0.05, 0.1) is 11.0 Å². The van der Waals surface area contributed by atoms with Crippen molar-refractivity contribution in [2.24, 2.45) is 4.99 Å². The lowest BCUT2D eigenvalue weighted by molar-refractivity contribution is 1.27. The molecule has 0 bridgehead atoms. The van der Waals surface area contributed by atoms with Gasteiger partial charge in [0.25, 0.3) is 0 Å². The van der Waals surface area contributed by atoms with Crippen LogP contribution in [-0.2, 0) is 0 Å². The highest BCUT2D eigenvalue weighted by Crippen LogP contribution is 2.14. The maximum absolute atomic E-state index is 8.48. The highest BCUT2D eigenvalue weighted by atomic mass is 15.1. The molecule has 1 N–H and O–H groups in total. The van der Waals surface area contributed by atoms with E-state index in [1.54, 1.807) is 12.1 Å². The maximum atomic E-state index is 8.48. The van der Waals surface area contributed by atoms with Crippen LogP contribution < -0.4 is 0 Å². The third-order valence-corrected chi connectivity index (χ3v) is 1.87. The van der Waals surface area contributed by atoms with Gasteiger partial charge in [0.1, 0.15) is 12.1 Å². The summed E-state index contributed by atoms with van der Waals surface area (Å²) in [6.45, 7) is 0. The van der Waals surface area contributed by atoms with E-state index in [1.165, 1.54) is 0 Å². The summed E-state index contributed by atoms with van der Waals surface area (Å²) in [6.07, 6.45) is 0. The number of para-hydroxylation sites is 2. The van der Waals surface area contributed by atoms with Gasteiger partial charge in [-0.05, 0) is 12.1 Å². The van der Waals surface area contributed by atoms with E-state index in [9.17, 15) is 0 Å². The molecular weight excluding hydrogens is 202 g/mol. The highest BCUT2D eigenvalue weighted by Gasteiger charge is 1.98. The van der Waals surface area contributed by atoms with Crippen LogP contribution in [0.2, 0.25) is 0 Å². The fourth-order valence-electron chi connectivity index (χ4n) is 1.18. The molecular formula is C11H5N5. The molecule has 5 heteroatoms. The minimum Gasteiger partial charge on any atom is -0.322 e. The number of aromatic amines is 1. The van der Waals surface area contributed by atoms with Crippen LogP contribution in [0, 0.1) is 22.7 Å². The van der Waals surface area contributed by atoms with Crippen LogP contribution in [0.5, 0.6) is 0 Å². The zero-order chi connectivity index (χ0) is 11.4. The van der Waals surface area contributed by atoms with Crippen molar-refractivity contribution in [3.63, 3.8) is 0 Å². The van der Waals surface area contributed by atoms with E-state index in [0.717, 1.165) is 11.0 Å². The molecule has 0 atom stereocenters. The minimum absolute atomic E-state index is 0.180. The lowest BCUT2D eigenvalue weighted by Gasteiger charge is -1.81. The van der Waals surface area contributed by atoms with E-state index in [1.807, 2.05) is 24.3 Å². The molecule has 0 saturated carbocycles. The first-order valence-electron chi connectivity index (χ1n) is 4.42. The summed E-state index contributed by atoms with van der Waals surface area (Å²) < 4.78 is 0. The molecule has 5 nitrogen and oxygen atoms in total. The van der Waals surface area contributed by atoms with Gasteiger partial charge >= 0.3 is 0 Å². The molecule has 16 heavy (non-hydrogen) atoms. The zero-order valence-corrected chi connectivity index (χ0v) is 8.10. The predicted molar refractivity (Wildman–Crippen MR) is 57.9 cm³/mol. The number of H-pyrrole nitrogens is 1. The number of hydrogen-bond acceptors (Lipinski definition) is 4. The molecule has 0 amide bonds. The number of imidazole rings is 1. The average molecular weight is 207 g/mol. The van der Waals surface area contributed by atoms with Crippen molar-refractivity contribution in [2.45, 2.75) is 0 Å². The molecule has 0 saturated heterocycles. The SMILES string of the molecule is N#CC(=C=Nc1nc2ccccc2[nH]1)C#N. The second-order valence-corrected chi connectivity index (χ2v) is 2.90. The van der Waals surface area contributed by atoms with E-state index in [4.69, 9.17) is 10.5 Å². The van der Waals surface area contributed by atoms with Gasteiger partial charge in [-0.2, -0.15) is 15.5 Å². The summed E-state index contributed by atoms with van der Waals surface area (Å²) in [5.74, 6) is 2.65. The largest absolute Gasteiger partial charge is 0.322 e. The number of fused-ring (bicyclic) bond motifs is 1.